The van der Waals surface area contributed by atoms with Crippen LogP contribution < -0.4 is 11.1 Å². The van der Waals surface area contributed by atoms with Crippen LogP contribution in [0.5, 0.6) is 5.75 Å². The number of aliphatic hydroxyl groups is 1. The molecule has 43 heavy (non-hydrogen) atoms. The van der Waals surface area contributed by atoms with E-state index in [2.05, 4.69) is 10.3 Å². The average Bonchev–Trinajstić information content (AvgIpc) is 2.90. The van der Waals surface area contributed by atoms with E-state index in [1.54, 1.807) is 26.5 Å². The summed E-state index contributed by atoms with van der Waals surface area (Å²) in [4.78, 5) is 72.6. The van der Waals surface area contributed by atoms with Crippen molar-refractivity contribution in [3.05, 3.63) is 47.5 Å². The Bertz CT molecular complexity index is 1570. The van der Waals surface area contributed by atoms with Crippen molar-refractivity contribution in [3.63, 3.8) is 0 Å². The first kappa shape index (κ1) is 30.2. The van der Waals surface area contributed by atoms with Crippen LogP contribution in [-0.2, 0) is 25.6 Å². The highest BCUT2D eigenvalue weighted by Crippen LogP contribution is 2.51. The van der Waals surface area contributed by atoms with Crippen LogP contribution in [-0.4, -0.2) is 81.8 Å². The number of anilines is 1. The number of nitrogens with two attached hydrogens (primary N) is 1. The number of primary amides is 1. The van der Waals surface area contributed by atoms with Crippen molar-refractivity contribution in [1.82, 2.24) is 4.90 Å². The quantitative estimate of drug-likeness (QED) is 0.230. The van der Waals surface area contributed by atoms with Gasteiger partial charge >= 0.3 is 0 Å². The Balaban J connectivity index is 1.54. The molecule has 6 atom stereocenters. The molecule has 0 aromatic heterocycles. The van der Waals surface area contributed by atoms with Crippen molar-refractivity contribution in [2.24, 2.45) is 34.4 Å². The fourth-order valence-electron chi connectivity index (χ4n) is 6.92. The second-order valence-corrected chi connectivity index (χ2v) is 12.9. The van der Waals surface area contributed by atoms with E-state index in [0.717, 1.165) is 11.3 Å². The molecule has 3 aliphatic carbocycles. The molecule has 1 amide bonds. The van der Waals surface area contributed by atoms with E-state index in [4.69, 9.17) is 5.73 Å². The van der Waals surface area contributed by atoms with Gasteiger partial charge in [-0.15, -0.1) is 0 Å². The molecule has 0 saturated heterocycles. The summed E-state index contributed by atoms with van der Waals surface area (Å²) >= 11 is 0. The Morgan fingerprint density at radius 3 is 2.30 bits per heavy atom. The second kappa shape index (κ2) is 10.5. The molecule has 226 valence electrons. The number of Topliss-reactive ketones (excluding diaryl/α,β-unsaturated/α-hetero) is 4. The molecule has 0 radical (unpaired) electrons. The van der Waals surface area contributed by atoms with Crippen LogP contribution >= 0.6 is 0 Å². The third-order valence-corrected chi connectivity index (χ3v) is 8.82. The van der Waals surface area contributed by atoms with Crippen molar-refractivity contribution in [3.8, 4) is 16.9 Å². The minimum absolute atomic E-state index is 0.00500. The summed E-state index contributed by atoms with van der Waals surface area (Å²) in [6.45, 7) is 5.95. The molecule has 0 bridgehead atoms. The number of carbonyl (C=O) groups excluding carboxylic acids is 5. The van der Waals surface area contributed by atoms with Gasteiger partial charge in [0.05, 0.1) is 29.4 Å². The first-order chi connectivity index (χ1) is 20.1. The highest BCUT2D eigenvalue weighted by molar-refractivity contribution is 6.32. The molecule has 11 heteroatoms. The lowest BCUT2D eigenvalue weighted by Crippen LogP contribution is -2.74. The largest absolute Gasteiger partial charge is 0.507 e. The number of nitrogens with one attached hydrogen (secondary N) is 1. The third kappa shape index (κ3) is 4.86. The van der Waals surface area contributed by atoms with Gasteiger partial charge in [-0.3, -0.25) is 33.9 Å². The first-order valence-electron chi connectivity index (χ1n) is 14.2. The van der Waals surface area contributed by atoms with Crippen LogP contribution in [0.2, 0.25) is 0 Å². The van der Waals surface area contributed by atoms with Crippen molar-refractivity contribution in [2.45, 2.75) is 50.8 Å². The van der Waals surface area contributed by atoms with Crippen molar-refractivity contribution < 1.29 is 34.2 Å². The van der Waals surface area contributed by atoms with Gasteiger partial charge in [-0.2, -0.15) is 0 Å². The fraction of sp³-hybridized carbons (Fsp3) is 0.438. The molecule has 2 fully saturated rings. The number of nitrogens with zero attached hydrogens (tertiary/aromatic N) is 2. The number of fused-ring (bicyclic) bond motifs is 3. The maximum absolute atomic E-state index is 14.0. The number of rotatable bonds is 5. The maximum atomic E-state index is 14.0. The van der Waals surface area contributed by atoms with Gasteiger partial charge in [0.1, 0.15) is 5.75 Å². The molecule has 0 spiro atoms. The molecule has 2 aromatic rings. The number of likely N-dealkylation sites (N-methyl/N-ethyl adjacent to an activating group) is 1. The van der Waals surface area contributed by atoms with Gasteiger partial charge in [-0.05, 0) is 88.5 Å². The summed E-state index contributed by atoms with van der Waals surface area (Å²) in [5.74, 6) is -10.7. The minimum Gasteiger partial charge on any atom is -0.507 e. The van der Waals surface area contributed by atoms with Gasteiger partial charge < -0.3 is 21.3 Å². The van der Waals surface area contributed by atoms with Crippen LogP contribution in [0.3, 0.4) is 0 Å². The minimum atomic E-state index is -2.75. The number of phenols is 1. The Kier molecular flexibility index (Phi) is 7.38. The zero-order valence-corrected chi connectivity index (χ0v) is 24.7. The van der Waals surface area contributed by atoms with Gasteiger partial charge in [0.15, 0.2) is 34.7 Å². The number of hydrogen-bond donors (Lipinski definition) is 4. The highest BCUT2D eigenvalue weighted by atomic mass is 16.3. The fourth-order valence-corrected chi connectivity index (χ4v) is 6.92. The second-order valence-electron chi connectivity index (χ2n) is 12.9. The van der Waals surface area contributed by atoms with E-state index in [0.29, 0.717) is 11.1 Å². The number of phenolic OH excluding ortho intramolecular Hbond substituents is 1. The molecule has 5 N–H and O–H groups in total. The van der Waals surface area contributed by atoms with Gasteiger partial charge in [-0.25, -0.2) is 0 Å². The molecule has 11 nitrogen and oxygen atoms in total. The first-order valence-corrected chi connectivity index (χ1v) is 14.2. The molecule has 0 aliphatic heterocycles. The molecule has 0 heterocycles. The lowest BCUT2D eigenvalue weighted by Gasteiger charge is -2.52. The Morgan fingerprint density at radius 2 is 1.72 bits per heavy atom. The zero-order chi connectivity index (χ0) is 31.6. The highest BCUT2D eigenvalue weighted by Gasteiger charge is 2.69. The number of hydrogen-bond acceptors (Lipinski definition) is 9. The number of aromatic hydroxyl groups is 1. The standard InChI is InChI=1S/C32H36N4O7/c1-31(2,3)35-14-34-17-8-6-15(7-9-17)18-10-11-21(37)23-19(18)12-16-13-20-25(36(4)5)27(39)24(30(33)42)29(41)32(20,43)28(40)22(16)26(23)38/h6-11,14,16,20,22,24-25,37,43H,12-13H2,1-5H3,(H2,33,42)(H,34,35). The SMILES string of the molecule is CN(C)C1C(=O)C(C(N)=O)C(=O)C2(O)C(=O)C3C(=O)c4c(O)ccc(-c5ccc(NC=NC(C)(C)C)cc5)c4CC3CC12. The molecule has 2 saturated carbocycles. The Hall–Kier alpha value is -4.22. The van der Waals surface area contributed by atoms with E-state index in [9.17, 15) is 34.2 Å². The van der Waals surface area contributed by atoms with Crippen molar-refractivity contribution in [1.29, 1.82) is 0 Å². The normalized spacial score (nSPS) is 29.0. The summed E-state index contributed by atoms with van der Waals surface area (Å²) in [6.07, 6.45) is 1.81. The summed E-state index contributed by atoms with van der Waals surface area (Å²) in [5.41, 5.74) is 5.17. The molecular formula is C32H36N4O7. The summed E-state index contributed by atoms with van der Waals surface area (Å²) in [5, 5.41) is 25.6. The average molecular weight is 589 g/mol. The van der Waals surface area contributed by atoms with Gasteiger partial charge in [0.2, 0.25) is 5.91 Å². The predicted molar refractivity (Wildman–Crippen MR) is 159 cm³/mol. The number of ketones is 4. The van der Waals surface area contributed by atoms with Crippen LogP contribution in [0, 0.1) is 23.7 Å². The number of carbonyl (C=O) groups is 5. The molecule has 6 unspecified atom stereocenters. The summed E-state index contributed by atoms with van der Waals surface area (Å²) in [7, 11) is 3.11. The van der Waals surface area contributed by atoms with Gasteiger partial charge in [0, 0.05) is 11.6 Å². The van der Waals surface area contributed by atoms with E-state index >= 15 is 0 Å². The van der Waals surface area contributed by atoms with Crippen LogP contribution in [0.4, 0.5) is 5.69 Å². The molecule has 2 aromatic carbocycles. The van der Waals surface area contributed by atoms with Crippen molar-refractivity contribution in [2.75, 3.05) is 19.4 Å². The Labute approximate surface area is 249 Å². The number of amides is 1. The predicted octanol–water partition coefficient (Wildman–Crippen LogP) is 1.77. The molecular weight excluding hydrogens is 552 g/mol. The van der Waals surface area contributed by atoms with Gasteiger partial charge in [-0.1, -0.05) is 18.2 Å². The van der Waals surface area contributed by atoms with Crippen LogP contribution in [0.15, 0.2) is 41.4 Å². The zero-order valence-electron chi connectivity index (χ0n) is 24.7. The number of aliphatic imine (C=N–C) groups is 1. The molecule has 5 rings (SSSR count). The van der Waals surface area contributed by atoms with Gasteiger partial charge in [0.25, 0.3) is 0 Å². The van der Waals surface area contributed by atoms with E-state index in [1.165, 1.54) is 11.0 Å². The molecule has 3 aliphatic rings. The van der Waals surface area contributed by atoms with E-state index in [1.807, 2.05) is 45.0 Å². The monoisotopic (exact) mass is 588 g/mol. The van der Waals surface area contributed by atoms with Crippen LogP contribution in [0.1, 0.15) is 43.1 Å². The summed E-state index contributed by atoms with van der Waals surface area (Å²) < 4.78 is 0. The maximum Gasteiger partial charge on any atom is 0.235 e. The van der Waals surface area contributed by atoms with Crippen molar-refractivity contribution >= 4 is 41.1 Å². The smallest absolute Gasteiger partial charge is 0.235 e. The Morgan fingerprint density at radius 1 is 1.07 bits per heavy atom. The van der Waals surface area contributed by atoms with E-state index < -0.39 is 64.4 Å². The number of benzene rings is 2. The van der Waals surface area contributed by atoms with Crippen LogP contribution in [0.25, 0.3) is 11.1 Å². The topological polar surface area (TPSA) is 179 Å². The summed E-state index contributed by atoms with van der Waals surface area (Å²) in [6, 6.07) is 9.40. The van der Waals surface area contributed by atoms with E-state index in [-0.39, 0.29) is 29.7 Å². The lowest BCUT2D eigenvalue weighted by molar-refractivity contribution is -0.181. The lowest BCUT2D eigenvalue weighted by atomic mass is 9.52. The third-order valence-electron chi connectivity index (χ3n) is 8.82.